The smallest absolute Gasteiger partial charge is 0.145 e. The molecular weight excluding hydrogens is 290 g/mol. The Morgan fingerprint density at radius 2 is 1.89 bits per heavy atom. The van der Waals surface area contributed by atoms with E-state index in [1.807, 2.05) is 0 Å². The number of nitrogen functional groups attached to an aromatic ring is 1. The zero-order chi connectivity index (χ0) is 14.0. The lowest BCUT2D eigenvalue weighted by atomic mass is 10.2. The van der Waals surface area contributed by atoms with Crippen molar-refractivity contribution in [3.8, 4) is 11.5 Å². The first-order chi connectivity index (χ1) is 8.97. The Kier molecular flexibility index (Phi) is 3.93. The molecule has 0 bridgehead atoms. The highest BCUT2D eigenvalue weighted by Gasteiger charge is 2.10. The average Bonchev–Trinajstić information content (AvgIpc) is 2.33. The van der Waals surface area contributed by atoms with E-state index in [9.17, 15) is 4.39 Å². The predicted octanol–water partition coefficient (Wildman–Crippen LogP) is 4.21. The van der Waals surface area contributed by atoms with Gasteiger partial charge in [0.2, 0.25) is 0 Å². The summed E-state index contributed by atoms with van der Waals surface area (Å²) in [6.07, 6.45) is 0. The standard InChI is InChI=1S/C13H9Cl2FN2O/c14-7-1-3-9(13(17)18)12(5-7)19-8-2-4-10(15)11(16)6-8/h1-6H,(H3,17,18). The van der Waals surface area contributed by atoms with Crippen molar-refractivity contribution >= 4 is 29.0 Å². The maximum Gasteiger partial charge on any atom is 0.145 e. The van der Waals surface area contributed by atoms with E-state index in [-0.39, 0.29) is 22.4 Å². The molecule has 6 heteroatoms. The van der Waals surface area contributed by atoms with Crippen LogP contribution in [0.5, 0.6) is 11.5 Å². The third-order valence-electron chi connectivity index (χ3n) is 2.35. The lowest BCUT2D eigenvalue weighted by molar-refractivity contribution is 0.476. The van der Waals surface area contributed by atoms with Crippen molar-refractivity contribution in [3.05, 3.63) is 57.8 Å². The minimum absolute atomic E-state index is 0.00485. The molecule has 0 spiro atoms. The van der Waals surface area contributed by atoms with E-state index in [1.165, 1.54) is 18.2 Å². The zero-order valence-electron chi connectivity index (χ0n) is 9.58. The summed E-state index contributed by atoms with van der Waals surface area (Å²) in [6, 6.07) is 8.69. The summed E-state index contributed by atoms with van der Waals surface area (Å²) < 4.78 is 18.8. The second-order valence-electron chi connectivity index (χ2n) is 3.73. The summed E-state index contributed by atoms with van der Waals surface area (Å²) in [5.74, 6) is -0.236. The molecule has 0 heterocycles. The van der Waals surface area contributed by atoms with Crippen LogP contribution in [0.2, 0.25) is 10.0 Å². The SMILES string of the molecule is N=C(N)c1ccc(Cl)cc1Oc1ccc(Cl)c(F)c1. The van der Waals surface area contributed by atoms with Crippen molar-refractivity contribution in [3.63, 3.8) is 0 Å². The van der Waals surface area contributed by atoms with Gasteiger partial charge in [-0.25, -0.2) is 4.39 Å². The van der Waals surface area contributed by atoms with Crippen LogP contribution < -0.4 is 10.5 Å². The Morgan fingerprint density at radius 1 is 1.16 bits per heavy atom. The van der Waals surface area contributed by atoms with Crippen molar-refractivity contribution in [2.75, 3.05) is 0 Å². The molecule has 19 heavy (non-hydrogen) atoms. The van der Waals surface area contributed by atoms with Gasteiger partial charge in [0.1, 0.15) is 23.2 Å². The number of benzene rings is 2. The highest BCUT2D eigenvalue weighted by atomic mass is 35.5. The molecule has 0 atom stereocenters. The maximum atomic E-state index is 13.3. The molecule has 0 saturated carbocycles. The highest BCUT2D eigenvalue weighted by Crippen LogP contribution is 2.30. The van der Waals surface area contributed by atoms with Gasteiger partial charge in [-0.15, -0.1) is 0 Å². The van der Waals surface area contributed by atoms with Crippen LogP contribution in [0.1, 0.15) is 5.56 Å². The molecule has 0 unspecified atom stereocenters. The monoisotopic (exact) mass is 298 g/mol. The van der Waals surface area contributed by atoms with Crippen LogP contribution in [0.3, 0.4) is 0 Å². The van der Waals surface area contributed by atoms with Crippen LogP contribution in [0.4, 0.5) is 4.39 Å². The molecule has 2 aromatic carbocycles. The van der Waals surface area contributed by atoms with E-state index < -0.39 is 5.82 Å². The fourth-order valence-electron chi connectivity index (χ4n) is 1.47. The van der Waals surface area contributed by atoms with Gasteiger partial charge in [-0.1, -0.05) is 23.2 Å². The number of hydrogen-bond donors (Lipinski definition) is 2. The number of nitrogens with one attached hydrogen (secondary N) is 1. The number of rotatable bonds is 3. The van der Waals surface area contributed by atoms with Crippen LogP contribution in [0.25, 0.3) is 0 Å². The van der Waals surface area contributed by atoms with Gasteiger partial charge in [0.15, 0.2) is 0 Å². The van der Waals surface area contributed by atoms with Crippen molar-refractivity contribution < 1.29 is 9.13 Å². The second-order valence-corrected chi connectivity index (χ2v) is 4.58. The Bertz CT molecular complexity index is 647. The fraction of sp³-hybridized carbons (Fsp3) is 0. The van der Waals surface area contributed by atoms with Crippen molar-refractivity contribution in [1.29, 1.82) is 5.41 Å². The Hall–Kier alpha value is -1.78. The first kappa shape index (κ1) is 13.6. The van der Waals surface area contributed by atoms with Crippen molar-refractivity contribution in [2.45, 2.75) is 0 Å². The van der Waals surface area contributed by atoms with Gasteiger partial charge in [-0.3, -0.25) is 5.41 Å². The zero-order valence-corrected chi connectivity index (χ0v) is 11.1. The van der Waals surface area contributed by atoms with Crippen LogP contribution >= 0.6 is 23.2 Å². The normalized spacial score (nSPS) is 10.3. The van der Waals surface area contributed by atoms with Gasteiger partial charge >= 0.3 is 0 Å². The van der Waals surface area contributed by atoms with Crippen molar-refractivity contribution in [1.82, 2.24) is 0 Å². The number of hydrogen-bond acceptors (Lipinski definition) is 2. The number of halogens is 3. The topological polar surface area (TPSA) is 59.1 Å². The minimum Gasteiger partial charge on any atom is -0.456 e. The van der Waals surface area contributed by atoms with E-state index in [0.717, 1.165) is 6.07 Å². The largest absolute Gasteiger partial charge is 0.456 e. The molecular formula is C13H9Cl2FN2O. The van der Waals surface area contributed by atoms with Crippen LogP contribution in [-0.2, 0) is 0 Å². The van der Waals surface area contributed by atoms with E-state index in [0.29, 0.717) is 10.6 Å². The lowest BCUT2D eigenvalue weighted by Gasteiger charge is -2.11. The molecule has 0 amide bonds. The molecule has 3 N–H and O–H groups in total. The third-order valence-corrected chi connectivity index (χ3v) is 2.89. The molecule has 0 saturated heterocycles. The van der Waals surface area contributed by atoms with Gasteiger partial charge in [0.25, 0.3) is 0 Å². The van der Waals surface area contributed by atoms with Crippen LogP contribution in [-0.4, -0.2) is 5.84 Å². The first-order valence-electron chi connectivity index (χ1n) is 5.24. The molecule has 0 aliphatic heterocycles. The molecule has 0 aromatic heterocycles. The summed E-state index contributed by atoms with van der Waals surface area (Å²) in [6.45, 7) is 0. The van der Waals surface area contributed by atoms with Gasteiger partial charge < -0.3 is 10.5 Å². The predicted molar refractivity (Wildman–Crippen MR) is 74.0 cm³/mol. The molecule has 0 fully saturated rings. The second kappa shape index (κ2) is 5.47. The van der Waals surface area contributed by atoms with E-state index >= 15 is 0 Å². The molecule has 3 nitrogen and oxygen atoms in total. The molecule has 2 aromatic rings. The number of amidine groups is 1. The van der Waals surface area contributed by atoms with Gasteiger partial charge in [0, 0.05) is 17.2 Å². The Labute approximate surface area is 119 Å². The van der Waals surface area contributed by atoms with Gasteiger partial charge in [-0.2, -0.15) is 0 Å². The third kappa shape index (κ3) is 3.16. The van der Waals surface area contributed by atoms with E-state index in [1.54, 1.807) is 12.1 Å². The highest BCUT2D eigenvalue weighted by molar-refractivity contribution is 6.31. The van der Waals surface area contributed by atoms with Crippen molar-refractivity contribution in [2.24, 2.45) is 5.73 Å². The lowest BCUT2D eigenvalue weighted by Crippen LogP contribution is -2.12. The van der Waals surface area contributed by atoms with E-state index in [2.05, 4.69) is 0 Å². The quantitative estimate of drug-likeness (QED) is 0.659. The van der Waals surface area contributed by atoms with E-state index in [4.69, 9.17) is 39.1 Å². The van der Waals surface area contributed by atoms with Gasteiger partial charge in [0.05, 0.1) is 10.6 Å². The molecule has 0 radical (unpaired) electrons. The summed E-state index contributed by atoms with van der Waals surface area (Å²) in [4.78, 5) is 0. The summed E-state index contributed by atoms with van der Waals surface area (Å²) in [5.41, 5.74) is 5.81. The average molecular weight is 299 g/mol. The first-order valence-corrected chi connectivity index (χ1v) is 6.00. The summed E-state index contributed by atoms with van der Waals surface area (Å²) in [5, 5.41) is 7.88. The van der Waals surface area contributed by atoms with Gasteiger partial charge in [-0.05, 0) is 24.3 Å². The Morgan fingerprint density at radius 3 is 2.53 bits per heavy atom. The maximum absolute atomic E-state index is 13.3. The molecule has 0 aliphatic carbocycles. The Balaban J connectivity index is 2.39. The number of ether oxygens (including phenoxy) is 1. The van der Waals surface area contributed by atoms with Crippen LogP contribution in [0, 0.1) is 11.2 Å². The fourth-order valence-corrected chi connectivity index (χ4v) is 1.75. The number of nitrogens with two attached hydrogens (primary N) is 1. The molecule has 2 rings (SSSR count). The molecule has 98 valence electrons. The minimum atomic E-state index is -0.592. The molecule has 0 aliphatic rings. The summed E-state index contributed by atoms with van der Waals surface area (Å²) >= 11 is 11.4. The summed E-state index contributed by atoms with van der Waals surface area (Å²) in [7, 11) is 0. The van der Waals surface area contributed by atoms with Crippen LogP contribution in [0.15, 0.2) is 36.4 Å².